The molecule has 1 amide bonds. The lowest BCUT2D eigenvalue weighted by Gasteiger charge is -2.16. The molecule has 0 radical (unpaired) electrons. The second-order valence-corrected chi connectivity index (χ2v) is 6.05. The Labute approximate surface area is 120 Å². The number of nitrogens with one attached hydrogen (secondary N) is 1. The first-order chi connectivity index (χ1) is 8.49. The third kappa shape index (κ3) is 2.68. The molecule has 1 aliphatic heterocycles. The normalized spacial score (nSPS) is 17.2. The van der Waals surface area contributed by atoms with Crippen molar-refractivity contribution in [2.24, 2.45) is 0 Å². The number of nitrogens with zero attached hydrogens (tertiary/aromatic N) is 1. The molecule has 1 heterocycles. The predicted octanol–water partition coefficient (Wildman–Crippen LogP) is 2.89. The van der Waals surface area contributed by atoms with Crippen molar-refractivity contribution in [1.29, 1.82) is 0 Å². The van der Waals surface area contributed by atoms with Crippen LogP contribution in [0.1, 0.15) is 5.56 Å². The van der Waals surface area contributed by atoms with Gasteiger partial charge < -0.3 is 10.2 Å². The molecule has 1 aromatic rings. The van der Waals surface area contributed by atoms with Gasteiger partial charge >= 0.3 is 0 Å². The molecular formula is C12H11ClN2OS2. The minimum atomic E-state index is -0.172. The lowest BCUT2D eigenvalue weighted by atomic mass is 10.1. The Morgan fingerprint density at radius 3 is 2.72 bits per heavy atom. The molecule has 0 atom stereocenters. The fourth-order valence-corrected chi connectivity index (χ4v) is 2.86. The number of hydrogen-bond donors (Lipinski definition) is 1. The number of carbonyl (C=O) groups excluding carboxylic acids is 1. The van der Waals surface area contributed by atoms with E-state index in [1.807, 2.05) is 31.1 Å². The van der Waals surface area contributed by atoms with Crippen molar-refractivity contribution in [2.75, 3.05) is 19.0 Å². The highest BCUT2D eigenvalue weighted by molar-refractivity contribution is 8.26. The maximum absolute atomic E-state index is 11.6. The zero-order valence-corrected chi connectivity index (χ0v) is 12.2. The number of hydrogen-bond acceptors (Lipinski definition) is 4. The number of carbonyl (C=O) groups is 1. The summed E-state index contributed by atoms with van der Waals surface area (Å²) in [4.78, 5) is 14.2. The molecule has 0 unspecified atom stereocenters. The molecule has 1 fully saturated rings. The summed E-state index contributed by atoms with van der Waals surface area (Å²) in [5, 5.41) is 3.20. The number of thioether (sulfide) groups is 1. The maximum atomic E-state index is 11.6. The highest BCUT2D eigenvalue weighted by Crippen LogP contribution is 2.33. The molecule has 0 aliphatic carbocycles. The van der Waals surface area contributed by atoms with Gasteiger partial charge in [0.25, 0.3) is 5.91 Å². The second-order valence-electron chi connectivity index (χ2n) is 3.92. The van der Waals surface area contributed by atoms with Gasteiger partial charge in [0.2, 0.25) is 0 Å². The van der Waals surface area contributed by atoms with Crippen molar-refractivity contribution in [3.63, 3.8) is 0 Å². The third-order valence-corrected chi connectivity index (χ3v) is 3.92. The summed E-state index contributed by atoms with van der Waals surface area (Å²) in [5.41, 5.74) is 1.78. The average molecular weight is 299 g/mol. The van der Waals surface area contributed by atoms with Crippen molar-refractivity contribution in [1.82, 2.24) is 5.32 Å². The van der Waals surface area contributed by atoms with Crippen LogP contribution in [0.25, 0.3) is 6.08 Å². The summed E-state index contributed by atoms with van der Waals surface area (Å²) in [6.07, 6.45) is 1.77. The van der Waals surface area contributed by atoms with Crippen LogP contribution < -0.4 is 10.2 Å². The summed E-state index contributed by atoms with van der Waals surface area (Å²) in [6, 6.07) is 5.64. The zero-order chi connectivity index (χ0) is 13.3. The minimum absolute atomic E-state index is 0.172. The van der Waals surface area contributed by atoms with Crippen molar-refractivity contribution in [2.45, 2.75) is 0 Å². The lowest BCUT2D eigenvalue weighted by molar-refractivity contribution is -0.115. The predicted molar refractivity (Wildman–Crippen MR) is 82.1 cm³/mol. The fraction of sp³-hybridized carbons (Fsp3) is 0.167. The molecule has 0 spiro atoms. The number of amides is 1. The van der Waals surface area contributed by atoms with Crippen LogP contribution >= 0.6 is 35.6 Å². The van der Waals surface area contributed by atoms with E-state index in [-0.39, 0.29) is 5.91 Å². The highest BCUT2D eigenvalue weighted by Gasteiger charge is 2.23. The van der Waals surface area contributed by atoms with Crippen LogP contribution in [0.2, 0.25) is 5.02 Å². The van der Waals surface area contributed by atoms with Crippen LogP contribution in [0.3, 0.4) is 0 Å². The van der Waals surface area contributed by atoms with Crippen LogP contribution in [0.15, 0.2) is 23.1 Å². The Bertz CT molecular complexity index is 555. The lowest BCUT2D eigenvalue weighted by Crippen LogP contribution is -2.17. The maximum Gasteiger partial charge on any atom is 0.263 e. The first kappa shape index (κ1) is 13.4. The molecule has 0 saturated carbocycles. The molecular weight excluding hydrogens is 288 g/mol. The largest absolute Gasteiger partial charge is 0.377 e. The number of anilines is 1. The van der Waals surface area contributed by atoms with Gasteiger partial charge in [0, 0.05) is 30.4 Å². The fourth-order valence-electron chi connectivity index (χ4n) is 1.61. The van der Waals surface area contributed by atoms with E-state index >= 15 is 0 Å². The Balaban J connectivity index is 2.49. The number of thiocarbonyl (C=S) groups is 1. The molecule has 0 bridgehead atoms. The molecule has 18 heavy (non-hydrogen) atoms. The van der Waals surface area contributed by atoms with Crippen LogP contribution in [0.5, 0.6) is 0 Å². The van der Waals surface area contributed by atoms with Gasteiger partial charge in [0.1, 0.15) is 4.32 Å². The van der Waals surface area contributed by atoms with E-state index in [9.17, 15) is 4.79 Å². The van der Waals surface area contributed by atoms with Crippen LogP contribution in [0, 0.1) is 0 Å². The highest BCUT2D eigenvalue weighted by atomic mass is 35.5. The third-order valence-electron chi connectivity index (χ3n) is 2.43. The van der Waals surface area contributed by atoms with Gasteiger partial charge in [0.15, 0.2) is 0 Å². The molecule has 1 aromatic carbocycles. The molecule has 1 saturated heterocycles. The molecule has 6 heteroatoms. The van der Waals surface area contributed by atoms with Crippen molar-refractivity contribution in [3.8, 4) is 0 Å². The molecule has 94 valence electrons. The van der Waals surface area contributed by atoms with Crippen molar-refractivity contribution < 1.29 is 4.79 Å². The quantitative estimate of drug-likeness (QED) is 0.672. The van der Waals surface area contributed by atoms with Crippen molar-refractivity contribution >= 4 is 57.6 Å². The topological polar surface area (TPSA) is 32.3 Å². The van der Waals surface area contributed by atoms with E-state index in [1.165, 1.54) is 11.8 Å². The Morgan fingerprint density at radius 1 is 1.44 bits per heavy atom. The van der Waals surface area contributed by atoms with Crippen molar-refractivity contribution in [3.05, 3.63) is 33.7 Å². The SMILES string of the molecule is CN(C)c1cccc(Cl)c1/C=C1\SC(=S)NC1=O. The number of rotatable bonds is 2. The Kier molecular flexibility index (Phi) is 3.94. The van der Waals surface area contributed by atoms with Gasteiger partial charge in [-0.25, -0.2) is 0 Å². The van der Waals surface area contributed by atoms with Crippen LogP contribution in [0.4, 0.5) is 5.69 Å². The van der Waals surface area contributed by atoms with Gasteiger partial charge in [-0.2, -0.15) is 0 Å². The summed E-state index contributed by atoms with van der Waals surface area (Å²) in [6.45, 7) is 0. The standard InChI is InChI=1S/C12H11ClN2OS2/c1-15(2)9-5-3-4-8(13)7(9)6-10-11(16)14-12(17)18-10/h3-6H,1-2H3,(H,14,16,17)/b10-6-. The van der Waals surface area contributed by atoms with Gasteiger partial charge in [0.05, 0.1) is 4.91 Å². The molecule has 1 aliphatic rings. The number of benzene rings is 1. The summed E-state index contributed by atoms with van der Waals surface area (Å²) in [5.74, 6) is -0.172. The van der Waals surface area contributed by atoms with E-state index in [0.29, 0.717) is 14.2 Å². The van der Waals surface area contributed by atoms with Gasteiger partial charge in [-0.05, 0) is 18.2 Å². The molecule has 1 N–H and O–H groups in total. The zero-order valence-electron chi connectivity index (χ0n) is 9.86. The Morgan fingerprint density at radius 2 is 2.17 bits per heavy atom. The Hall–Kier alpha value is -1.04. The van der Waals surface area contributed by atoms with E-state index in [0.717, 1.165) is 11.3 Å². The monoisotopic (exact) mass is 298 g/mol. The van der Waals surface area contributed by atoms with Crippen LogP contribution in [-0.2, 0) is 4.79 Å². The molecule has 3 nitrogen and oxygen atoms in total. The second kappa shape index (κ2) is 5.30. The van der Waals surface area contributed by atoms with Crippen LogP contribution in [-0.4, -0.2) is 24.3 Å². The van der Waals surface area contributed by atoms with Gasteiger partial charge in [-0.3, -0.25) is 4.79 Å². The average Bonchev–Trinajstić information content (AvgIpc) is 2.60. The first-order valence-electron chi connectivity index (χ1n) is 5.19. The molecule has 0 aromatic heterocycles. The van der Waals surface area contributed by atoms with E-state index in [4.69, 9.17) is 23.8 Å². The molecule has 2 rings (SSSR count). The summed E-state index contributed by atoms with van der Waals surface area (Å²) in [7, 11) is 3.86. The van der Waals surface area contributed by atoms with E-state index in [1.54, 1.807) is 12.1 Å². The minimum Gasteiger partial charge on any atom is -0.377 e. The summed E-state index contributed by atoms with van der Waals surface area (Å²) < 4.78 is 0.477. The summed E-state index contributed by atoms with van der Waals surface area (Å²) >= 11 is 12.4. The number of halogens is 1. The van der Waals surface area contributed by atoms with E-state index in [2.05, 4.69) is 5.32 Å². The smallest absolute Gasteiger partial charge is 0.263 e. The first-order valence-corrected chi connectivity index (χ1v) is 6.80. The van der Waals surface area contributed by atoms with Gasteiger partial charge in [-0.15, -0.1) is 0 Å². The van der Waals surface area contributed by atoms with Gasteiger partial charge in [-0.1, -0.05) is 41.6 Å². The van der Waals surface area contributed by atoms with E-state index < -0.39 is 0 Å².